The normalized spacial score (nSPS) is 11.4. The number of amides is 1. The molecule has 13 heteroatoms. The third kappa shape index (κ3) is 6.60. The molecule has 0 atom stereocenters. The van der Waals surface area contributed by atoms with Gasteiger partial charge in [0.25, 0.3) is 16.0 Å². The van der Waals surface area contributed by atoms with E-state index < -0.39 is 26.7 Å². The molecule has 0 aliphatic heterocycles. The van der Waals surface area contributed by atoms with Crippen molar-refractivity contribution in [1.82, 2.24) is 0 Å². The van der Waals surface area contributed by atoms with Crippen LogP contribution in [0, 0.1) is 0 Å². The molecule has 0 aromatic heterocycles. The number of carbonyl (C=O) groups excluding carboxylic acids is 1. The summed E-state index contributed by atoms with van der Waals surface area (Å²) in [4.78, 5) is 12.7. The van der Waals surface area contributed by atoms with Crippen LogP contribution in [0.15, 0.2) is 75.8 Å². The molecule has 4 aromatic carbocycles. The first-order chi connectivity index (χ1) is 18.6. The molecule has 0 aliphatic rings. The van der Waals surface area contributed by atoms with Crippen molar-refractivity contribution < 1.29 is 57.2 Å². The maximum Gasteiger partial charge on any atom is 1.00 e. The smallest absolute Gasteiger partial charge is 0.870 e. The van der Waals surface area contributed by atoms with Crippen molar-refractivity contribution in [1.29, 1.82) is 0 Å². The van der Waals surface area contributed by atoms with Gasteiger partial charge in [-0.2, -0.15) is 13.5 Å². The molecule has 40 heavy (non-hydrogen) atoms. The first-order valence-corrected chi connectivity index (χ1v) is 13.9. The van der Waals surface area contributed by atoms with Gasteiger partial charge in [-0.05, 0) is 48.6 Å². The van der Waals surface area contributed by atoms with Crippen LogP contribution in [0.5, 0.6) is 11.5 Å². The van der Waals surface area contributed by atoms with E-state index >= 15 is 0 Å². The molecule has 0 radical (unpaired) electrons. The summed E-state index contributed by atoms with van der Waals surface area (Å²) < 4.78 is 39.1. The summed E-state index contributed by atoms with van der Waals surface area (Å²) in [7, 11) is -4.71. The van der Waals surface area contributed by atoms with Crippen LogP contribution in [0.25, 0.3) is 10.8 Å². The fourth-order valence-corrected chi connectivity index (χ4v) is 5.15. The molecular weight excluding hydrogens is 588 g/mol. The largest absolute Gasteiger partial charge is 1.00 e. The second kappa shape index (κ2) is 13.3. The number of carbonyl (C=O) groups is 1. The quantitative estimate of drug-likeness (QED) is 0.175. The molecular formula is C27H22Cl2N3NaO6S. The molecule has 0 aliphatic carbocycles. The Bertz CT molecular complexity index is 1730. The maximum atomic E-state index is 13.5. The fraction of sp³-hybridized carbons (Fsp3) is 0.148. The monoisotopic (exact) mass is 609 g/mol. The minimum absolute atomic E-state index is 0. The second-order valence-electron chi connectivity index (χ2n) is 8.24. The average molecular weight is 610 g/mol. The summed E-state index contributed by atoms with van der Waals surface area (Å²) in [5, 5.41) is 25.2. The van der Waals surface area contributed by atoms with Crippen LogP contribution in [0.4, 0.5) is 17.1 Å². The Hall–Kier alpha value is -2.70. The van der Waals surface area contributed by atoms with Gasteiger partial charge < -0.3 is 15.2 Å². The van der Waals surface area contributed by atoms with Crippen molar-refractivity contribution >= 4 is 67.1 Å². The third-order valence-electron chi connectivity index (χ3n) is 5.80. The van der Waals surface area contributed by atoms with Crippen molar-refractivity contribution in [2.75, 3.05) is 11.9 Å². The molecule has 1 amide bonds. The van der Waals surface area contributed by atoms with E-state index in [0.29, 0.717) is 35.1 Å². The number of benzene rings is 4. The van der Waals surface area contributed by atoms with Gasteiger partial charge in [0.1, 0.15) is 21.4 Å². The van der Waals surface area contributed by atoms with E-state index in [2.05, 4.69) is 15.5 Å². The summed E-state index contributed by atoms with van der Waals surface area (Å²) >= 11 is 12.7. The van der Waals surface area contributed by atoms with Crippen LogP contribution in [0.2, 0.25) is 10.0 Å². The Kier molecular flexibility index (Phi) is 10.6. The van der Waals surface area contributed by atoms with Gasteiger partial charge in [0.05, 0.1) is 23.0 Å². The minimum atomic E-state index is -4.71. The molecule has 4 aromatic rings. The molecule has 0 saturated heterocycles. The van der Waals surface area contributed by atoms with Crippen LogP contribution >= 0.6 is 23.2 Å². The van der Waals surface area contributed by atoms with E-state index in [-0.39, 0.29) is 62.2 Å². The number of fused-ring (bicyclic) bond motifs is 1. The van der Waals surface area contributed by atoms with Gasteiger partial charge in [-0.25, -0.2) is 0 Å². The molecule has 4 rings (SSSR count). The molecule has 0 saturated carbocycles. The van der Waals surface area contributed by atoms with Crippen molar-refractivity contribution in [3.8, 4) is 11.5 Å². The second-order valence-corrected chi connectivity index (χ2v) is 10.4. The standard InChI is InChI=1S/C27H23Cl2N3O6S.Na/c1-3-15-12-13-21(39(35,36)37)25(22(15)28)32-31-24-17-9-6-5-8-16(17)14-18(26(24)33)27(34)30-19-10-7-11-20(23(19)29)38-4-2;/h5-14,33H,3-4H2,1-2H3,(H,30,34)(H,35,36,37);/q;+1/p-1. The van der Waals surface area contributed by atoms with Crippen molar-refractivity contribution in [3.63, 3.8) is 0 Å². The molecule has 0 fully saturated rings. The van der Waals surface area contributed by atoms with E-state index in [4.69, 9.17) is 27.9 Å². The molecule has 2 N–H and O–H groups in total. The number of nitrogens with zero attached hydrogens (tertiary/aromatic N) is 2. The number of nitrogens with one attached hydrogen (secondary N) is 1. The zero-order valence-electron chi connectivity index (χ0n) is 21.7. The van der Waals surface area contributed by atoms with Crippen molar-refractivity contribution in [2.45, 2.75) is 25.2 Å². The Morgan fingerprint density at radius 1 is 1.00 bits per heavy atom. The summed E-state index contributed by atoms with van der Waals surface area (Å²) in [6, 6.07) is 15.6. The van der Waals surface area contributed by atoms with E-state index in [1.807, 2.05) is 0 Å². The van der Waals surface area contributed by atoms with Gasteiger partial charge in [0, 0.05) is 10.9 Å². The number of aryl methyl sites for hydroxylation is 1. The van der Waals surface area contributed by atoms with Crippen LogP contribution in [0.1, 0.15) is 29.8 Å². The molecule has 0 unspecified atom stereocenters. The minimum Gasteiger partial charge on any atom is -0.870 e. The number of hydrogen-bond acceptors (Lipinski definition) is 7. The van der Waals surface area contributed by atoms with E-state index in [0.717, 1.165) is 6.07 Å². The van der Waals surface area contributed by atoms with Crippen LogP contribution < -0.4 is 44.7 Å². The zero-order chi connectivity index (χ0) is 28.3. The van der Waals surface area contributed by atoms with Gasteiger partial charge in [0.15, 0.2) is 0 Å². The Morgan fingerprint density at radius 2 is 1.70 bits per heavy atom. The van der Waals surface area contributed by atoms with Gasteiger partial charge in [-0.15, -0.1) is 5.11 Å². The zero-order valence-corrected chi connectivity index (χ0v) is 26.1. The SMILES string of the molecule is CCOc1cccc(NC(=O)c2cc3ccccc3c(N=Nc3c(S(=O)(=O)O)ccc(CC)c3Cl)c2[O-])c1Cl.[Na+]. The summed E-state index contributed by atoms with van der Waals surface area (Å²) in [6.45, 7) is 3.96. The Balaban J connectivity index is 0.00000441. The van der Waals surface area contributed by atoms with E-state index in [1.165, 1.54) is 12.1 Å². The van der Waals surface area contributed by atoms with Crippen LogP contribution in [-0.4, -0.2) is 25.5 Å². The summed E-state index contributed by atoms with van der Waals surface area (Å²) in [5.74, 6) is -1.14. The van der Waals surface area contributed by atoms with Crippen LogP contribution in [-0.2, 0) is 16.5 Å². The number of ether oxygens (including phenoxy) is 1. The first-order valence-electron chi connectivity index (χ1n) is 11.7. The Labute approximate surface area is 263 Å². The average Bonchev–Trinajstić information content (AvgIpc) is 2.90. The summed E-state index contributed by atoms with van der Waals surface area (Å²) in [6.07, 6.45) is 0.450. The fourth-order valence-electron chi connectivity index (χ4n) is 3.90. The van der Waals surface area contributed by atoms with Gasteiger partial charge in [0.2, 0.25) is 0 Å². The maximum absolute atomic E-state index is 13.5. The number of halogens is 2. The van der Waals surface area contributed by atoms with E-state index in [9.17, 15) is 22.9 Å². The molecule has 9 nitrogen and oxygen atoms in total. The summed E-state index contributed by atoms with van der Waals surface area (Å²) in [5.41, 5.74) is 0.0146. The topological polar surface area (TPSA) is 140 Å². The van der Waals surface area contributed by atoms with Gasteiger partial charge in [-0.3, -0.25) is 9.35 Å². The number of anilines is 1. The number of hydrogen-bond donors (Lipinski definition) is 2. The third-order valence-corrected chi connectivity index (χ3v) is 7.50. The van der Waals surface area contributed by atoms with Crippen molar-refractivity contribution in [3.05, 3.63) is 81.8 Å². The van der Waals surface area contributed by atoms with Gasteiger partial charge >= 0.3 is 29.6 Å². The van der Waals surface area contributed by atoms with E-state index in [1.54, 1.807) is 56.3 Å². The molecule has 0 heterocycles. The first kappa shape index (κ1) is 31.8. The molecule has 0 bridgehead atoms. The molecule has 202 valence electrons. The van der Waals surface area contributed by atoms with Gasteiger partial charge in [-0.1, -0.05) is 72.3 Å². The number of rotatable bonds is 8. The Morgan fingerprint density at radius 3 is 2.38 bits per heavy atom. The predicted octanol–water partition coefficient (Wildman–Crippen LogP) is 4.10. The predicted molar refractivity (Wildman–Crippen MR) is 149 cm³/mol. The molecule has 0 spiro atoms. The van der Waals surface area contributed by atoms with Crippen LogP contribution in [0.3, 0.4) is 0 Å². The number of azo groups is 1. The van der Waals surface area contributed by atoms with Crippen molar-refractivity contribution in [2.24, 2.45) is 10.2 Å².